The molecule has 1 N–H and O–H groups in total. The summed E-state index contributed by atoms with van der Waals surface area (Å²) in [5, 5.41) is 5.71. The Bertz CT molecular complexity index is 481. The van der Waals surface area contributed by atoms with Crippen LogP contribution in [0, 0.1) is 5.92 Å². The van der Waals surface area contributed by atoms with E-state index in [1.54, 1.807) is 7.11 Å². The predicted octanol–water partition coefficient (Wildman–Crippen LogP) is 3.79. The van der Waals surface area contributed by atoms with Crippen molar-refractivity contribution in [2.24, 2.45) is 5.92 Å². The van der Waals surface area contributed by atoms with Crippen LogP contribution in [-0.2, 0) is 11.3 Å². The molecule has 2 rings (SSSR count). The van der Waals surface area contributed by atoms with Crippen LogP contribution in [0.4, 0.5) is 0 Å². The zero-order valence-corrected chi connectivity index (χ0v) is 12.4. The third-order valence-corrected chi connectivity index (χ3v) is 3.94. The van der Waals surface area contributed by atoms with Crippen LogP contribution in [0.5, 0.6) is 0 Å². The molecule has 1 unspecified atom stereocenters. The van der Waals surface area contributed by atoms with Gasteiger partial charge in [-0.3, -0.25) is 0 Å². The minimum absolute atomic E-state index is 0.554. The van der Waals surface area contributed by atoms with E-state index in [0.717, 1.165) is 19.7 Å². The van der Waals surface area contributed by atoms with Gasteiger partial charge >= 0.3 is 0 Å². The smallest absolute Gasteiger partial charge is 0.0499 e. The number of methoxy groups -OCH3 is 1. The minimum atomic E-state index is 0.554. The lowest BCUT2D eigenvalue weighted by Crippen LogP contribution is -2.22. The van der Waals surface area contributed by atoms with Gasteiger partial charge in [0.15, 0.2) is 0 Å². The van der Waals surface area contributed by atoms with E-state index in [2.05, 4.69) is 54.0 Å². The Morgan fingerprint density at radius 2 is 2.00 bits per heavy atom. The van der Waals surface area contributed by atoms with Gasteiger partial charge in [-0.2, -0.15) is 0 Å². The molecule has 0 saturated heterocycles. The maximum Gasteiger partial charge on any atom is 0.0499 e. The zero-order valence-electron chi connectivity index (χ0n) is 11.6. The van der Waals surface area contributed by atoms with Crippen molar-refractivity contribution in [3.63, 3.8) is 0 Å². The second-order valence-electron chi connectivity index (χ2n) is 4.86. The number of benzene rings is 1. The summed E-state index contributed by atoms with van der Waals surface area (Å²) in [6, 6.07) is 12.8. The first-order valence-corrected chi connectivity index (χ1v) is 7.50. The third-order valence-electron chi connectivity index (χ3n) is 3.00. The van der Waals surface area contributed by atoms with Crippen LogP contribution < -0.4 is 5.32 Å². The largest absolute Gasteiger partial charge is 0.384 e. The van der Waals surface area contributed by atoms with Crippen LogP contribution in [-0.4, -0.2) is 20.3 Å². The molecule has 0 saturated carbocycles. The van der Waals surface area contributed by atoms with Crippen molar-refractivity contribution < 1.29 is 4.74 Å². The molecule has 1 aromatic heterocycles. The molecule has 0 radical (unpaired) electrons. The molecule has 3 heteroatoms. The van der Waals surface area contributed by atoms with E-state index in [1.807, 2.05) is 11.3 Å². The SMILES string of the molecule is COCC(C)CNCc1cc(-c2ccccc2)cs1. The van der Waals surface area contributed by atoms with Crippen molar-refractivity contribution in [2.75, 3.05) is 20.3 Å². The zero-order chi connectivity index (χ0) is 13.5. The highest BCUT2D eigenvalue weighted by molar-refractivity contribution is 7.10. The van der Waals surface area contributed by atoms with Crippen LogP contribution in [0.25, 0.3) is 11.1 Å². The quantitative estimate of drug-likeness (QED) is 0.830. The summed E-state index contributed by atoms with van der Waals surface area (Å²) >= 11 is 1.82. The van der Waals surface area contributed by atoms with E-state index < -0.39 is 0 Å². The van der Waals surface area contributed by atoms with Gasteiger partial charge in [-0.1, -0.05) is 37.3 Å². The average Bonchev–Trinajstić information content (AvgIpc) is 2.89. The third kappa shape index (κ3) is 4.46. The van der Waals surface area contributed by atoms with Gasteiger partial charge in [-0.25, -0.2) is 0 Å². The topological polar surface area (TPSA) is 21.3 Å². The molecular weight excluding hydrogens is 254 g/mol. The molecule has 102 valence electrons. The minimum Gasteiger partial charge on any atom is -0.384 e. The maximum absolute atomic E-state index is 5.13. The highest BCUT2D eigenvalue weighted by Gasteiger charge is 2.04. The molecule has 1 aromatic carbocycles. The molecule has 0 aliphatic heterocycles. The van der Waals surface area contributed by atoms with E-state index in [1.165, 1.54) is 16.0 Å². The van der Waals surface area contributed by atoms with Crippen molar-refractivity contribution in [2.45, 2.75) is 13.5 Å². The lowest BCUT2D eigenvalue weighted by Gasteiger charge is -2.10. The van der Waals surface area contributed by atoms with E-state index in [4.69, 9.17) is 4.74 Å². The highest BCUT2D eigenvalue weighted by atomic mass is 32.1. The standard InChI is InChI=1S/C16H21NOS/c1-13(11-18-2)9-17-10-16-8-15(12-19-16)14-6-4-3-5-7-14/h3-8,12-13,17H,9-11H2,1-2H3. The molecule has 0 fully saturated rings. The van der Waals surface area contributed by atoms with E-state index in [9.17, 15) is 0 Å². The van der Waals surface area contributed by atoms with Crippen LogP contribution in [0.1, 0.15) is 11.8 Å². The number of hydrogen-bond donors (Lipinski definition) is 1. The molecule has 0 aliphatic carbocycles. The first-order chi connectivity index (χ1) is 9.29. The normalized spacial score (nSPS) is 12.5. The van der Waals surface area contributed by atoms with E-state index >= 15 is 0 Å². The first-order valence-electron chi connectivity index (χ1n) is 6.62. The Balaban J connectivity index is 1.85. The second kappa shape index (κ2) is 7.43. The summed E-state index contributed by atoms with van der Waals surface area (Å²) in [6.07, 6.45) is 0. The van der Waals surface area contributed by atoms with Gasteiger partial charge in [0.2, 0.25) is 0 Å². The Labute approximate surface area is 119 Å². The van der Waals surface area contributed by atoms with Crippen molar-refractivity contribution in [1.29, 1.82) is 0 Å². The van der Waals surface area contributed by atoms with Crippen molar-refractivity contribution in [3.8, 4) is 11.1 Å². The summed E-state index contributed by atoms with van der Waals surface area (Å²) in [5.74, 6) is 0.554. The summed E-state index contributed by atoms with van der Waals surface area (Å²) in [5.41, 5.74) is 2.60. The van der Waals surface area contributed by atoms with Gasteiger partial charge in [-0.15, -0.1) is 11.3 Å². The molecular formula is C16H21NOS. The van der Waals surface area contributed by atoms with Crippen molar-refractivity contribution in [3.05, 3.63) is 46.7 Å². The number of nitrogens with one attached hydrogen (secondary N) is 1. The van der Waals surface area contributed by atoms with Gasteiger partial charge in [0, 0.05) is 31.7 Å². The summed E-state index contributed by atoms with van der Waals surface area (Å²) < 4.78 is 5.13. The van der Waals surface area contributed by atoms with Gasteiger partial charge in [-0.05, 0) is 28.5 Å². The molecule has 1 atom stereocenters. The number of rotatable bonds is 7. The number of ether oxygens (including phenoxy) is 1. The Kier molecular flexibility index (Phi) is 5.58. The summed E-state index contributed by atoms with van der Waals surface area (Å²) in [6.45, 7) is 4.94. The molecule has 0 spiro atoms. The molecule has 0 bridgehead atoms. The second-order valence-corrected chi connectivity index (χ2v) is 5.85. The fourth-order valence-corrected chi connectivity index (χ4v) is 2.90. The van der Waals surface area contributed by atoms with Gasteiger partial charge in [0.25, 0.3) is 0 Å². The van der Waals surface area contributed by atoms with Crippen LogP contribution >= 0.6 is 11.3 Å². The van der Waals surface area contributed by atoms with Crippen molar-refractivity contribution >= 4 is 11.3 Å². The molecule has 0 amide bonds. The fraction of sp³-hybridized carbons (Fsp3) is 0.375. The molecule has 19 heavy (non-hydrogen) atoms. The van der Waals surface area contributed by atoms with Crippen molar-refractivity contribution in [1.82, 2.24) is 5.32 Å². The molecule has 1 heterocycles. The summed E-state index contributed by atoms with van der Waals surface area (Å²) in [7, 11) is 1.75. The van der Waals surface area contributed by atoms with E-state index in [0.29, 0.717) is 5.92 Å². The lowest BCUT2D eigenvalue weighted by molar-refractivity contribution is 0.158. The Morgan fingerprint density at radius 1 is 1.21 bits per heavy atom. The van der Waals surface area contributed by atoms with E-state index in [-0.39, 0.29) is 0 Å². The lowest BCUT2D eigenvalue weighted by atomic mass is 10.1. The average molecular weight is 275 g/mol. The Hall–Kier alpha value is -1.16. The van der Waals surface area contributed by atoms with Gasteiger partial charge in [0.1, 0.15) is 0 Å². The first kappa shape index (κ1) is 14.3. The monoisotopic (exact) mass is 275 g/mol. The van der Waals surface area contributed by atoms with Crippen LogP contribution in [0.2, 0.25) is 0 Å². The predicted molar refractivity (Wildman–Crippen MR) is 82.5 cm³/mol. The molecule has 2 nitrogen and oxygen atoms in total. The maximum atomic E-state index is 5.13. The van der Waals surface area contributed by atoms with Gasteiger partial charge in [0.05, 0.1) is 0 Å². The van der Waals surface area contributed by atoms with Crippen LogP contribution in [0.3, 0.4) is 0 Å². The molecule has 2 aromatic rings. The Morgan fingerprint density at radius 3 is 2.74 bits per heavy atom. The summed E-state index contributed by atoms with van der Waals surface area (Å²) in [4.78, 5) is 1.38. The van der Waals surface area contributed by atoms with Crippen LogP contribution in [0.15, 0.2) is 41.8 Å². The number of hydrogen-bond acceptors (Lipinski definition) is 3. The number of thiophene rings is 1. The molecule has 0 aliphatic rings. The highest BCUT2D eigenvalue weighted by Crippen LogP contribution is 2.25. The fourth-order valence-electron chi connectivity index (χ4n) is 2.04. The van der Waals surface area contributed by atoms with Gasteiger partial charge < -0.3 is 10.1 Å².